The lowest BCUT2D eigenvalue weighted by atomic mass is 10.0. The van der Waals surface area contributed by atoms with Gasteiger partial charge in [0.25, 0.3) is 0 Å². The zero-order chi connectivity index (χ0) is 11.7. The van der Waals surface area contributed by atoms with Gasteiger partial charge in [-0.25, -0.2) is 13.2 Å². The Morgan fingerprint density at radius 1 is 0.750 bits per heavy atom. The van der Waals surface area contributed by atoms with E-state index in [9.17, 15) is 18.3 Å². The van der Waals surface area contributed by atoms with Crippen LogP contribution >= 0.6 is 0 Å². The molecule has 0 aromatic heterocycles. The summed E-state index contributed by atoms with van der Waals surface area (Å²) < 4.78 is 39.0. The van der Waals surface area contributed by atoms with Gasteiger partial charge >= 0.3 is 0 Å². The van der Waals surface area contributed by atoms with E-state index in [4.69, 9.17) is 0 Å². The molecule has 0 amide bonds. The molecule has 0 unspecified atom stereocenters. The van der Waals surface area contributed by atoms with Crippen LogP contribution in [0.15, 0.2) is 36.4 Å². The second-order valence-electron chi connectivity index (χ2n) is 3.29. The lowest BCUT2D eigenvalue weighted by Gasteiger charge is -2.06. The zero-order valence-corrected chi connectivity index (χ0v) is 8.05. The van der Waals surface area contributed by atoms with E-state index in [0.717, 1.165) is 30.3 Å². The maximum atomic E-state index is 13.4. The van der Waals surface area contributed by atoms with Crippen molar-refractivity contribution in [2.45, 2.75) is 0 Å². The third kappa shape index (κ3) is 1.86. The van der Waals surface area contributed by atoms with Crippen LogP contribution in [0.1, 0.15) is 0 Å². The third-order valence-corrected chi connectivity index (χ3v) is 2.18. The average molecular weight is 224 g/mol. The molecule has 0 bridgehead atoms. The lowest BCUT2D eigenvalue weighted by molar-refractivity contribution is 0.474. The quantitative estimate of drug-likeness (QED) is 0.786. The van der Waals surface area contributed by atoms with Crippen LogP contribution in [0.5, 0.6) is 5.75 Å². The van der Waals surface area contributed by atoms with Crippen LogP contribution < -0.4 is 0 Å². The van der Waals surface area contributed by atoms with E-state index in [1.54, 1.807) is 0 Å². The summed E-state index contributed by atoms with van der Waals surface area (Å²) in [7, 11) is 0. The van der Waals surface area contributed by atoms with E-state index in [1.807, 2.05) is 0 Å². The molecule has 0 saturated heterocycles. The zero-order valence-electron chi connectivity index (χ0n) is 8.05. The minimum atomic E-state index is -0.846. The van der Waals surface area contributed by atoms with Crippen LogP contribution in [-0.4, -0.2) is 5.11 Å². The number of halogens is 3. The molecular formula is C12H7F3O. The molecule has 0 heterocycles. The molecule has 0 saturated carbocycles. The molecule has 2 aromatic carbocycles. The van der Waals surface area contributed by atoms with Crippen LogP contribution in [0.3, 0.4) is 0 Å². The maximum absolute atomic E-state index is 13.4. The summed E-state index contributed by atoms with van der Waals surface area (Å²) in [4.78, 5) is 0. The molecule has 82 valence electrons. The predicted octanol–water partition coefficient (Wildman–Crippen LogP) is 3.48. The van der Waals surface area contributed by atoms with Gasteiger partial charge < -0.3 is 5.11 Å². The molecule has 0 fully saturated rings. The second kappa shape index (κ2) is 3.89. The summed E-state index contributed by atoms with van der Waals surface area (Å²) in [5.74, 6) is -2.43. The number of rotatable bonds is 1. The molecule has 16 heavy (non-hydrogen) atoms. The largest absolute Gasteiger partial charge is 0.507 e. The molecule has 0 aliphatic heterocycles. The molecule has 0 aliphatic carbocycles. The Balaban J connectivity index is 2.62. The monoisotopic (exact) mass is 224 g/mol. The van der Waals surface area contributed by atoms with Crippen molar-refractivity contribution in [2.75, 3.05) is 0 Å². The fraction of sp³-hybridized carbons (Fsp3) is 0. The van der Waals surface area contributed by atoms with E-state index >= 15 is 0 Å². The molecule has 0 atom stereocenters. The summed E-state index contributed by atoms with van der Waals surface area (Å²) in [5.41, 5.74) is -0.0455. The highest BCUT2D eigenvalue weighted by atomic mass is 19.1. The minimum Gasteiger partial charge on any atom is -0.507 e. The van der Waals surface area contributed by atoms with Gasteiger partial charge in [-0.05, 0) is 30.3 Å². The molecule has 0 aliphatic rings. The first-order valence-electron chi connectivity index (χ1n) is 4.52. The highest BCUT2D eigenvalue weighted by Gasteiger charge is 2.11. The molecular weight excluding hydrogens is 217 g/mol. The third-order valence-electron chi connectivity index (χ3n) is 2.18. The Morgan fingerprint density at radius 3 is 2.06 bits per heavy atom. The smallest absolute Gasteiger partial charge is 0.134 e. The highest BCUT2D eigenvalue weighted by molar-refractivity contribution is 5.70. The van der Waals surface area contributed by atoms with Gasteiger partial charge in [-0.2, -0.15) is 0 Å². The minimum absolute atomic E-state index is 0.00231. The first-order valence-corrected chi connectivity index (χ1v) is 4.52. The van der Waals surface area contributed by atoms with Crippen LogP contribution in [0, 0.1) is 17.5 Å². The summed E-state index contributed by atoms with van der Waals surface area (Å²) in [6.45, 7) is 0. The summed E-state index contributed by atoms with van der Waals surface area (Å²) >= 11 is 0. The van der Waals surface area contributed by atoms with Gasteiger partial charge in [0.05, 0.1) is 0 Å². The first-order chi connectivity index (χ1) is 7.58. The Kier molecular flexibility index (Phi) is 2.56. The van der Waals surface area contributed by atoms with Crippen molar-refractivity contribution in [3.05, 3.63) is 53.8 Å². The number of benzene rings is 2. The number of hydrogen-bond acceptors (Lipinski definition) is 1. The van der Waals surface area contributed by atoms with Crippen LogP contribution in [0.4, 0.5) is 13.2 Å². The maximum Gasteiger partial charge on any atom is 0.134 e. The van der Waals surface area contributed by atoms with Gasteiger partial charge in [-0.1, -0.05) is 0 Å². The van der Waals surface area contributed by atoms with E-state index in [2.05, 4.69) is 0 Å². The van der Waals surface area contributed by atoms with Crippen molar-refractivity contribution < 1.29 is 18.3 Å². The Hall–Kier alpha value is -1.97. The summed E-state index contributed by atoms with van der Waals surface area (Å²) in [6, 6.07) is 6.04. The SMILES string of the molecule is Oc1ccc(F)cc1-c1ccc(F)cc1F. The van der Waals surface area contributed by atoms with Crippen molar-refractivity contribution in [3.63, 3.8) is 0 Å². The Labute approximate surface area is 89.8 Å². The van der Waals surface area contributed by atoms with Crippen molar-refractivity contribution in [1.82, 2.24) is 0 Å². The number of phenolic OH excluding ortho intramolecular Hbond substituents is 1. The molecule has 1 nitrogen and oxygen atoms in total. The number of aromatic hydroxyl groups is 1. The van der Waals surface area contributed by atoms with Gasteiger partial charge in [-0.15, -0.1) is 0 Å². The summed E-state index contributed by atoms with van der Waals surface area (Å²) in [6.07, 6.45) is 0. The van der Waals surface area contributed by atoms with Crippen molar-refractivity contribution in [1.29, 1.82) is 0 Å². The van der Waals surface area contributed by atoms with E-state index in [-0.39, 0.29) is 16.9 Å². The van der Waals surface area contributed by atoms with E-state index in [0.29, 0.717) is 6.07 Å². The van der Waals surface area contributed by atoms with Crippen molar-refractivity contribution >= 4 is 0 Å². The van der Waals surface area contributed by atoms with Gasteiger partial charge in [0, 0.05) is 17.2 Å². The topological polar surface area (TPSA) is 20.2 Å². The fourth-order valence-electron chi connectivity index (χ4n) is 1.43. The van der Waals surface area contributed by atoms with E-state index in [1.165, 1.54) is 0 Å². The molecule has 1 N–H and O–H groups in total. The highest BCUT2D eigenvalue weighted by Crippen LogP contribution is 2.31. The molecule has 0 radical (unpaired) electrons. The molecule has 0 spiro atoms. The first kappa shape index (κ1) is 10.5. The van der Waals surface area contributed by atoms with E-state index < -0.39 is 17.5 Å². The number of phenols is 1. The molecule has 4 heteroatoms. The number of hydrogen-bond donors (Lipinski definition) is 1. The van der Waals surface area contributed by atoms with Gasteiger partial charge in [0.2, 0.25) is 0 Å². The van der Waals surface area contributed by atoms with Gasteiger partial charge in [0.15, 0.2) is 0 Å². The second-order valence-corrected chi connectivity index (χ2v) is 3.29. The summed E-state index contributed by atoms with van der Waals surface area (Å²) in [5, 5.41) is 9.46. The van der Waals surface area contributed by atoms with Gasteiger partial charge in [0.1, 0.15) is 23.2 Å². The standard InChI is InChI=1S/C12H7F3O/c13-7-2-4-12(16)10(5-7)9-3-1-8(14)6-11(9)15/h1-6,16H. The molecule has 2 rings (SSSR count). The van der Waals surface area contributed by atoms with Crippen molar-refractivity contribution in [2.24, 2.45) is 0 Å². The van der Waals surface area contributed by atoms with Gasteiger partial charge in [-0.3, -0.25) is 0 Å². The van der Waals surface area contributed by atoms with Crippen LogP contribution in [-0.2, 0) is 0 Å². The fourth-order valence-corrected chi connectivity index (χ4v) is 1.43. The normalized spacial score (nSPS) is 10.4. The Morgan fingerprint density at radius 2 is 1.38 bits per heavy atom. The average Bonchev–Trinajstić information content (AvgIpc) is 2.22. The molecule has 2 aromatic rings. The Bertz CT molecular complexity index is 538. The lowest BCUT2D eigenvalue weighted by Crippen LogP contribution is -1.88. The van der Waals surface area contributed by atoms with Crippen LogP contribution in [0.2, 0.25) is 0 Å². The predicted molar refractivity (Wildman–Crippen MR) is 53.4 cm³/mol. The van der Waals surface area contributed by atoms with Crippen LogP contribution in [0.25, 0.3) is 11.1 Å². The van der Waals surface area contributed by atoms with Crippen molar-refractivity contribution in [3.8, 4) is 16.9 Å².